The number of amides is 1. The van der Waals surface area contributed by atoms with E-state index in [9.17, 15) is 4.79 Å². The number of H-pyrrole nitrogens is 1. The van der Waals surface area contributed by atoms with Crippen LogP contribution in [0.1, 0.15) is 51.4 Å². The number of rotatable bonds is 1. The summed E-state index contributed by atoms with van der Waals surface area (Å²) in [6.45, 7) is 9.98. The molecule has 1 fully saturated rings. The maximum atomic E-state index is 12.5. The van der Waals surface area contributed by atoms with Crippen molar-refractivity contribution in [2.45, 2.75) is 64.5 Å². The number of aromatic nitrogens is 4. The maximum Gasteiger partial charge on any atom is 0.410 e. The first-order valence-electron chi connectivity index (χ1n) is 10.9. The van der Waals surface area contributed by atoms with Gasteiger partial charge < -0.3 is 14.6 Å². The third-order valence-corrected chi connectivity index (χ3v) is 7.04. The van der Waals surface area contributed by atoms with Crippen LogP contribution in [0, 0.1) is 6.92 Å². The number of halogens is 1. The number of aryl methyl sites for hydroxylation is 2. The zero-order valence-corrected chi connectivity index (χ0v) is 19.2. The molecule has 5 rings (SSSR count). The molecule has 0 aromatic carbocycles. The number of nitrogens with zero attached hydrogens (tertiary/aromatic N) is 4. The lowest BCUT2D eigenvalue weighted by atomic mass is 9.75. The van der Waals surface area contributed by atoms with Crippen LogP contribution in [0.5, 0.6) is 0 Å². The van der Waals surface area contributed by atoms with Gasteiger partial charge in [-0.05, 0) is 59.1 Å². The Morgan fingerprint density at radius 3 is 2.61 bits per heavy atom. The highest BCUT2D eigenvalue weighted by atomic mass is 35.5. The van der Waals surface area contributed by atoms with E-state index in [0.717, 1.165) is 53.8 Å². The second kappa shape index (κ2) is 6.99. The minimum absolute atomic E-state index is 0.0730. The molecule has 0 radical (unpaired) electrons. The average molecular weight is 442 g/mol. The van der Waals surface area contributed by atoms with Crippen molar-refractivity contribution in [3.05, 3.63) is 34.7 Å². The van der Waals surface area contributed by atoms with E-state index >= 15 is 0 Å². The first kappa shape index (κ1) is 20.4. The Bertz CT molecular complexity index is 1160. The summed E-state index contributed by atoms with van der Waals surface area (Å²) >= 11 is 6.43. The number of piperidine rings is 1. The quantitative estimate of drug-likeness (QED) is 0.572. The predicted octanol–water partition coefficient (Wildman–Crippen LogP) is 5.06. The van der Waals surface area contributed by atoms with Crippen molar-refractivity contribution in [3.63, 3.8) is 0 Å². The van der Waals surface area contributed by atoms with Crippen LogP contribution in [0.25, 0.3) is 22.3 Å². The van der Waals surface area contributed by atoms with Gasteiger partial charge in [0.1, 0.15) is 11.2 Å². The molecule has 8 heteroatoms. The standard InChI is InChI=1S/C23H28ClN5O2/c1-14-19(24)16-11-15(13-25-20(16)26-14)17-12-18-23(7-10-29(18)27-17)5-8-28(9-6-23)21(30)31-22(2,3)4/h11-13H,5-10H2,1-4H3,(H,25,26). The van der Waals surface area contributed by atoms with Crippen LogP contribution in [0.3, 0.4) is 0 Å². The fourth-order valence-electron chi connectivity index (χ4n) is 4.86. The van der Waals surface area contributed by atoms with Gasteiger partial charge in [-0.15, -0.1) is 0 Å². The molecule has 2 aliphatic rings. The maximum absolute atomic E-state index is 12.5. The molecule has 1 amide bonds. The van der Waals surface area contributed by atoms with Gasteiger partial charge in [-0.2, -0.15) is 5.10 Å². The van der Waals surface area contributed by atoms with E-state index in [-0.39, 0.29) is 11.5 Å². The van der Waals surface area contributed by atoms with Gasteiger partial charge in [0, 0.05) is 53.6 Å². The summed E-state index contributed by atoms with van der Waals surface area (Å²) in [5.74, 6) is 0. The largest absolute Gasteiger partial charge is 0.444 e. The van der Waals surface area contributed by atoms with Crippen molar-refractivity contribution < 1.29 is 9.53 Å². The van der Waals surface area contributed by atoms with E-state index in [1.54, 1.807) is 0 Å². The number of carbonyl (C=O) groups excluding carboxylic acids is 1. The van der Waals surface area contributed by atoms with Crippen LogP contribution in [0.15, 0.2) is 18.3 Å². The number of hydrogen-bond donors (Lipinski definition) is 1. The van der Waals surface area contributed by atoms with E-state index in [2.05, 4.69) is 26.8 Å². The summed E-state index contributed by atoms with van der Waals surface area (Å²) in [6, 6.07) is 4.26. The van der Waals surface area contributed by atoms with Gasteiger partial charge in [-0.3, -0.25) is 4.68 Å². The molecule has 1 saturated heterocycles. The number of likely N-dealkylation sites (tertiary alicyclic amines) is 1. The normalized spacial score (nSPS) is 18.0. The summed E-state index contributed by atoms with van der Waals surface area (Å²) in [4.78, 5) is 22.0. The molecular weight excluding hydrogens is 414 g/mol. The Morgan fingerprint density at radius 2 is 1.90 bits per heavy atom. The van der Waals surface area contributed by atoms with Crippen LogP contribution in [-0.2, 0) is 16.7 Å². The van der Waals surface area contributed by atoms with E-state index in [4.69, 9.17) is 21.4 Å². The fourth-order valence-corrected chi connectivity index (χ4v) is 5.05. The van der Waals surface area contributed by atoms with E-state index in [1.165, 1.54) is 5.69 Å². The minimum atomic E-state index is -0.469. The average Bonchev–Trinajstić information content (AvgIpc) is 3.36. The summed E-state index contributed by atoms with van der Waals surface area (Å²) in [5.41, 5.74) is 4.48. The van der Waals surface area contributed by atoms with Crippen molar-refractivity contribution in [1.82, 2.24) is 24.6 Å². The highest BCUT2D eigenvalue weighted by Gasteiger charge is 2.44. The van der Waals surface area contributed by atoms with Gasteiger partial charge in [0.25, 0.3) is 0 Å². The highest BCUT2D eigenvalue weighted by molar-refractivity contribution is 6.36. The van der Waals surface area contributed by atoms with E-state index in [0.29, 0.717) is 18.1 Å². The van der Waals surface area contributed by atoms with Crippen LogP contribution in [0.4, 0.5) is 4.79 Å². The SMILES string of the molecule is Cc1[nH]c2ncc(-c3cc4n(n3)CCC43CCN(C(=O)OC(C)(C)C)CC3)cc2c1Cl. The first-order valence-corrected chi connectivity index (χ1v) is 11.2. The Balaban J connectivity index is 1.38. The van der Waals surface area contributed by atoms with Crippen molar-refractivity contribution >= 4 is 28.7 Å². The Kier molecular flexibility index (Phi) is 4.59. The summed E-state index contributed by atoms with van der Waals surface area (Å²) in [5, 5.41) is 6.51. The number of carbonyl (C=O) groups is 1. The molecule has 0 saturated carbocycles. The molecule has 3 aromatic rings. The Morgan fingerprint density at radius 1 is 1.19 bits per heavy atom. The van der Waals surface area contributed by atoms with Crippen molar-refractivity contribution in [2.24, 2.45) is 0 Å². The molecule has 0 aliphatic carbocycles. The molecule has 0 atom stereocenters. The van der Waals surface area contributed by atoms with Crippen LogP contribution in [0.2, 0.25) is 5.02 Å². The number of fused-ring (bicyclic) bond motifs is 3. The summed E-state index contributed by atoms with van der Waals surface area (Å²) in [7, 11) is 0. The molecular formula is C23H28ClN5O2. The number of hydrogen-bond acceptors (Lipinski definition) is 4. The van der Waals surface area contributed by atoms with Crippen LogP contribution >= 0.6 is 11.6 Å². The summed E-state index contributed by atoms with van der Waals surface area (Å²) < 4.78 is 7.69. The zero-order valence-electron chi connectivity index (χ0n) is 18.5. The first-order chi connectivity index (χ1) is 14.7. The summed E-state index contributed by atoms with van der Waals surface area (Å²) in [6.07, 6.45) is 4.56. The fraction of sp³-hybridized carbons (Fsp3) is 0.522. The van der Waals surface area contributed by atoms with Crippen molar-refractivity contribution in [3.8, 4) is 11.3 Å². The highest BCUT2D eigenvalue weighted by Crippen LogP contribution is 2.44. The molecule has 1 N–H and O–H groups in total. The second-order valence-electron chi connectivity index (χ2n) is 9.82. The van der Waals surface area contributed by atoms with E-state index < -0.39 is 5.60 Å². The third-order valence-electron chi connectivity index (χ3n) is 6.55. The second-order valence-corrected chi connectivity index (χ2v) is 10.2. The number of nitrogens with one attached hydrogen (secondary N) is 1. The van der Waals surface area contributed by atoms with Gasteiger partial charge in [0.05, 0.1) is 10.7 Å². The van der Waals surface area contributed by atoms with Crippen molar-refractivity contribution in [1.29, 1.82) is 0 Å². The van der Waals surface area contributed by atoms with Crippen molar-refractivity contribution in [2.75, 3.05) is 13.1 Å². The van der Waals surface area contributed by atoms with E-state index in [1.807, 2.05) is 38.8 Å². The van der Waals surface area contributed by atoms with Gasteiger partial charge in [-0.25, -0.2) is 9.78 Å². The molecule has 0 bridgehead atoms. The molecule has 164 valence electrons. The predicted molar refractivity (Wildman–Crippen MR) is 120 cm³/mol. The number of pyridine rings is 1. The lowest BCUT2D eigenvalue weighted by molar-refractivity contribution is 0.0164. The topological polar surface area (TPSA) is 76.0 Å². The lowest BCUT2D eigenvalue weighted by Gasteiger charge is -2.39. The van der Waals surface area contributed by atoms with Crippen LogP contribution < -0.4 is 0 Å². The molecule has 5 heterocycles. The van der Waals surface area contributed by atoms with Gasteiger partial charge in [0.2, 0.25) is 0 Å². The Hall–Kier alpha value is -2.54. The molecule has 7 nitrogen and oxygen atoms in total. The molecule has 3 aromatic heterocycles. The number of ether oxygens (including phenoxy) is 1. The number of aromatic amines is 1. The lowest BCUT2D eigenvalue weighted by Crippen LogP contribution is -2.46. The Labute approximate surface area is 186 Å². The molecule has 31 heavy (non-hydrogen) atoms. The van der Waals surface area contributed by atoms with Gasteiger partial charge in [-0.1, -0.05) is 11.6 Å². The molecule has 0 unspecified atom stereocenters. The molecule has 1 spiro atoms. The monoisotopic (exact) mass is 441 g/mol. The zero-order chi connectivity index (χ0) is 22.0. The van der Waals surface area contributed by atoms with Gasteiger partial charge in [0.15, 0.2) is 0 Å². The third kappa shape index (κ3) is 3.49. The molecule has 2 aliphatic heterocycles. The van der Waals surface area contributed by atoms with Crippen LogP contribution in [-0.4, -0.2) is 49.4 Å². The minimum Gasteiger partial charge on any atom is -0.444 e. The smallest absolute Gasteiger partial charge is 0.410 e. The van der Waals surface area contributed by atoms with Gasteiger partial charge >= 0.3 is 6.09 Å².